The number of para-hydroxylation sites is 1. The highest BCUT2D eigenvalue weighted by atomic mass is 79.9. The van der Waals surface area contributed by atoms with Gasteiger partial charge in [-0.05, 0) is 55.7 Å². The Morgan fingerprint density at radius 2 is 1.78 bits per heavy atom. The summed E-state index contributed by atoms with van der Waals surface area (Å²) in [6, 6.07) is 12.6. The fourth-order valence-electron chi connectivity index (χ4n) is 3.50. The number of aryl methyl sites for hydroxylation is 1. The third kappa shape index (κ3) is 3.08. The van der Waals surface area contributed by atoms with Crippen molar-refractivity contribution in [3.8, 4) is 0 Å². The van der Waals surface area contributed by atoms with Gasteiger partial charge in [0.25, 0.3) is 5.91 Å². The van der Waals surface area contributed by atoms with E-state index in [0.717, 1.165) is 28.6 Å². The summed E-state index contributed by atoms with van der Waals surface area (Å²) in [4.78, 5) is 16.4. The van der Waals surface area contributed by atoms with E-state index in [1.165, 1.54) is 6.20 Å². The fraction of sp³-hybridized carbons (Fsp3) is 0.250. The Morgan fingerprint density at radius 1 is 1.07 bits per heavy atom. The van der Waals surface area contributed by atoms with Crippen LogP contribution in [0.1, 0.15) is 18.4 Å². The van der Waals surface area contributed by atoms with Crippen molar-refractivity contribution < 1.29 is 13.2 Å². The molecule has 0 atom stereocenters. The van der Waals surface area contributed by atoms with Crippen molar-refractivity contribution in [2.24, 2.45) is 0 Å². The van der Waals surface area contributed by atoms with Crippen LogP contribution in [0.15, 0.2) is 62.9 Å². The molecule has 0 aromatic heterocycles. The van der Waals surface area contributed by atoms with Crippen LogP contribution in [0, 0.1) is 6.92 Å². The summed E-state index contributed by atoms with van der Waals surface area (Å²) in [5.41, 5.74) is 2.39. The van der Waals surface area contributed by atoms with Crippen molar-refractivity contribution in [1.29, 1.82) is 0 Å². The van der Waals surface area contributed by atoms with Crippen LogP contribution in [0.4, 0.5) is 11.4 Å². The number of hydrogen-bond donors (Lipinski definition) is 0. The molecule has 2 aliphatic heterocycles. The van der Waals surface area contributed by atoms with E-state index in [9.17, 15) is 13.2 Å². The molecule has 0 saturated carbocycles. The lowest BCUT2D eigenvalue weighted by Crippen LogP contribution is -2.35. The number of carbonyl (C=O) groups is 1. The number of sulfone groups is 1. The number of amides is 1. The molecule has 0 aliphatic carbocycles. The van der Waals surface area contributed by atoms with Gasteiger partial charge >= 0.3 is 0 Å². The smallest absolute Gasteiger partial charge is 0.267 e. The largest absolute Gasteiger partial charge is 0.338 e. The summed E-state index contributed by atoms with van der Waals surface area (Å²) in [5, 5.41) is 0. The van der Waals surface area contributed by atoms with Crippen LogP contribution in [0.5, 0.6) is 0 Å². The van der Waals surface area contributed by atoms with Gasteiger partial charge in [0.15, 0.2) is 4.91 Å². The van der Waals surface area contributed by atoms with Crippen molar-refractivity contribution >= 4 is 43.0 Å². The Balaban J connectivity index is 1.89. The molecular weight excluding hydrogens is 428 g/mol. The maximum absolute atomic E-state index is 13.2. The van der Waals surface area contributed by atoms with Crippen LogP contribution in [0.2, 0.25) is 0 Å². The first kappa shape index (κ1) is 18.3. The minimum absolute atomic E-state index is 0.163. The second-order valence-corrected chi connectivity index (χ2v) is 9.51. The predicted octanol–water partition coefficient (Wildman–Crippen LogP) is 4.15. The van der Waals surface area contributed by atoms with Crippen LogP contribution in [0.3, 0.4) is 0 Å². The summed E-state index contributed by atoms with van der Waals surface area (Å²) in [5.74, 6) is -0.416. The maximum atomic E-state index is 13.2. The number of hydrogen-bond acceptors (Lipinski definition) is 4. The molecule has 2 aliphatic rings. The molecule has 0 bridgehead atoms. The van der Waals surface area contributed by atoms with E-state index < -0.39 is 15.7 Å². The van der Waals surface area contributed by atoms with Gasteiger partial charge in [0.05, 0.1) is 10.6 Å². The van der Waals surface area contributed by atoms with E-state index >= 15 is 0 Å². The Morgan fingerprint density at radius 3 is 2.48 bits per heavy atom. The van der Waals surface area contributed by atoms with E-state index in [4.69, 9.17) is 0 Å². The number of halogens is 1. The van der Waals surface area contributed by atoms with Crippen molar-refractivity contribution in [2.45, 2.75) is 24.7 Å². The number of nitrogens with zero attached hydrogens (tertiary/aromatic N) is 2. The summed E-state index contributed by atoms with van der Waals surface area (Å²) in [6.07, 6.45) is 3.29. The standard InChI is InChI=1S/C20H19BrN2O3S/c1-14-12-15(8-9-16(14)21)23-13-19(20(24)22-10-4-5-11-22)27(25,26)18-7-3-2-6-17(18)23/h2-3,6-9,12-13H,4-5,10-11H2,1H3. The van der Waals surface area contributed by atoms with Crippen LogP contribution in [-0.2, 0) is 14.6 Å². The second kappa shape index (κ2) is 6.80. The number of carbonyl (C=O) groups excluding carboxylic acids is 1. The van der Waals surface area contributed by atoms with Gasteiger partial charge < -0.3 is 9.80 Å². The number of likely N-dealkylation sites (tertiary alicyclic amines) is 1. The zero-order valence-electron chi connectivity index (χ0n) is 14.9. The molecule has 5 nitrogen and oxygen atoms in total. The minimum atomic E-state index is -3.86. The van der Waals surface area contributed by atoms with Crippen LogP contribution in [-0.4, -0.2) is 32.3 Å². The van der Waals surface area contributed by atoms with Gasteiger partial charge in [-0.1, -0.05) is 28.1 Å². The van der Waals surface area contributed by atoms with E-state index in [0.29, 0.717) is 18.8 Å². The lowest BCUT2D eigenvalue weighted by Gasteiger charge is -2.30. The molecule has 7 heteroatoms. The minimum Gasteiger partial charge on any atom is -0.338 e. The van der Waals surface area contributed by atoms with Gasteiger partial charge in [-0.25, -0.2) is 8.42 Å². The molecule has 140 valence electrons. The maximum Gasteiger partial charge on any atom is 0.267 e. The molecular formula is C20H19BrN2O3S. The number of rotatable bonds is 2. The lowest BCUT2D eigenvalue weighted by molar-refractivity contribution is -0.125. The average molecular weight is 447 g/mol. The zero-order chi connectivity index (χ0) is 19.2. The molecule has 1 saturated heterocycles. The monoisotopic (exact) mass is 446 g/mol. The third-order valence-corrected chi connectivity index (χ3v) is 7.65. The third-order valence-electron chi connectivity index (χ3n) is 4.97. The molecule has 27 heavy (non-hydrogen) atoms. The summed E-state index contributed by atoms with van der Waals surface area (Å²) in [6.45, 7) is 3.18. The zero-order valence-corrected chi connectivity index (χ0v) is 17.3. The summed E-state index contributed by atoms with van der Waals surface area (Å²) in [7, 11) is -3.86. The highest BCUT2D eigenvalue weighted by Crippen LogP contribution is 2.40. The highest BCUT2D eigenvalue weighted by molar-refractivity contribution is 9.10. The van der Waals surface area contributed by atoms with Gasteiger partial charge in [-0.3, -0.25) is 4.79 Å². The number of fused-ring (bicyclic) bond motifs is 1. The van der Waals surface area contributed by atoms with Crippen LogP contribution < -0.4 is 4.90 Å². The lowest BCUT2D eigenvalue weighted by atomic mass is 10.2. The first-order chi connectivity index (χ1) is 12.9. The average Bonchev–Trinajstić information content (AvgIpc) is 3.19. The molecule has 1 fully saturated rings. The molecule has 1 amide bonds. The molecule has 0 spiro atoms. The van der Waals surface area contributed by atoms with Gasteiger partial charge in [0.2, 0.25) is 9.84 Å². The van der Waals surface area contributed by atoms with Gasteiger partial charge in [-0.2, -0.15) is 0 Å². The fourth-order valence-corrected chi connectivity index (χ4v) is 5.28. The first-order valence-corrected chi connectivity index (χ1v) is 11.1. The van der Waals surface area contributed by atoms with E-state index in [-0.39, 0.29) is 9.80 Å². The van der Waals surface area contributed by atoms with Gasteiger partial charge in [-0.15, -0.1) is 0 Å². The molecule has 2 aromatic rings. The van der Waals surface area contributed by atoms with E-state index in [1.807, 2.05) is 25.1 Å². The molecule has 0 unspecified atom stereocenters. The van der Waals surface area contributed by atoms with Crippen LogP contribution in [0.25, 0.3) is 0 Å². The topological polar surface area (TPSA) is 57.7 Å². The summed E-state index contributed by atoms with van der Waals surface area (Å²) < 4.78 is 27.3. The van der Waals surface area contributed by atoms with Crippen molar-refractivity contribution in [3.63, 3.8) is 0 Å². The number of benzene rings is 2. The van der Waals surface area contributed by atoms with Crippen molar-refractivity contribution in [1.82, 2.24) is 4.90 Å². The quantitative estimate of drug-likeness (QED) is 0.694. The Kier molecular flexibility index (Phi) is 4.60. The molecule has 2 aromatic carbocycles. The van der Waals surface area contributed by atoms with Crippen molar-refractivity contribution in [3.05, 3.63) is 63.6 Å². The van der Waals surface area contributed by atoms with Crippen molar-refractivity contribution in [2.75, 3.05) is 18.0 Å². The van der Waals surface area contributed by atoms with Crippen LogP contribution >= 0.6 is 15.9 Å². The highest BCUT2D eigenvalue weighted by Gasteiger charge is 2.38. The second-order valence-electron chi connectivity index (χ2n) is 6.77. The molecule has 4 rings (SSSR count). The molecule has 0 N–H and O–H groups in total. The Bertz CT molecular complexity index is 1060. The van der Waals surface area contributed by atoms with Gasteiger partial charge in [0, 0.05) is 29.4 Å². The number of anilines is 2. The Hall–Kier alpha value is -2.12. The molecule has 2 heterocycles. The first-order valence-electron chi connectivity index (χ1n) is 8.80. The summed E-state index contributed by atoms with van der Waals surface area (Å²) >= 11 is 3.49. The molecule has 0 radical (unpaired) electrons. The van der Waals surface area contributed by atoms with E-state index in [2.05, 4.69) is 15.9 Å². The normalized spacial score (nSPS) is 18.2. The van der Waals surface area contributed by atoms with E-state index in [1.54, 1.807) is 34.1 Å². The SMILES string of the molecule is Cc1cc(N2C=C(C(=O)N3CCCC3)S(=O)(=O)c3ccccc32)ccc1Br. The predicted molar refractivity (Wildman–Crippen MR) is 109 cm³/mol. The Labute approximate surface area is 167 Å². The van der Waals surface area contributed by atoms with Gasteiger partial charge in [0.1, 0.15) is 0 Å².